The van der Waals surface area contributed by atoms with Gasteiger partial charge in [0.25, 0.3) is 5.91 Å². The third-order valence-corrected chi connectivity index (χ3v) is 1.78. The number of rotatable bonds is 2. The number of aryl methyl sites for hydroxylation is 1. The van der Waals surface area contributed by atoms with Crippen molar-refractivity contribution in [3.05, 3.63) is 40.1 Å². The average molecular weight is 220 g/mol. The summed E-state index contributed by atoms with van der Waals surface area (Å²) in [6.07, 6.45) is 1.39. The molecule has 0 saturated heterocycles. The lowest BCUT2D eigenvalue weighted by Gasteiger charge is -1.98. The van der Waals surface area contributed by atoms with Crippen molar-refractivity contribution < 1.29 is 9.21 Å². The first kappa shape index (κ1) is 10.1. The van der Waals surface area contributed by atoms with Crippen molar-refractivity contribution in [2.24, 2.45) is 0 Å². The number of nitrogens with zero attached hydrogens (tertiary/aromatic N) is 2. The zero-order valence-electron chi connectivity index (χ0n) is 8.35. The second-order valence-electron chi connectivity index (χ2n) is 3.02. The minimum absolute atomic E-state index is 0.00258. The molecule has 16 heavy (non-hydrogen) atoms. The van der Waals surface area contributed by atoms with E-state index in [0.717, 1.165) is 0 Å². The normalized spacial score (nSPS) is 10.1. The van der Waals surface area contributed by atoms with E-state index in [2.05, 4.69) is 20.5 Å². The van der Waals surface area contributed by atoms with E-state index >= 15 is 0 Å². The number of nitrogens with one attached hydrogen (secondary N) is 2. The number of carbonyl (C=O) groups excluding carboxylic acids is 1. The summed E-state index contributed by atoms with van der Waals surface area (Å²) in [5, 5.41) is 9.53. The molecule has 7 heteroatoms. The SMILES string of the molecule is Cc1nnc(NC(=O)c2cc[nH]c(=O)c2)o1. The molecule has 0 unspecified atom stereocenters. The van der Waals surface area contributed by atoms with Crippen molar-refractivity contribution in [1.82, 2.24) is 15.2 Å². The van der Waals surface area contributed by atoms with Crippen LogP contribution < -0.4 is 10.9 Å². The van der Waals surface area contributed by atoms with Crippen LogP contribution in [0.25, 0.3) is 0 Å². The van der Waals surface area contributed by atoms with Crippen molar-refractivity contribution in [2.75, 3.05) is 5.32 Å². The summed E-state index contributed by atoms with van der Waals surface area (Å²) < 4.78 is 4.97. The maximum atomic E-state index is 11.6. The largest absolute Gasteiger partial charge is 0.408 e. The molecule has 82 valence electrons. The van der Waals surface area contributed by atoms with Gasteiger partial charge < -0.3 is 9.40 Å². The Kier molecular flexibility index (Phi) is 2.50. The quantitative estimate of drug-likeness (QED) is 0.758. The Morgan fingerprint density at radius 3 is 2.94 bits per heavy atom. The fourth-order valence-electron chi connectivity index (χ4n) is 1.10. The molecule has 2 aromatic heterocycles. The van der Waals surface area contributed by atoms with Gasteiger partial charge in [0.15, 0.2) is 0 Å². The molecule has 0 saturated carbocycles. The van der Waals surface area contributed by atoms with Crippen LogP contribution in [0.5, 0.6) is 0 Å². The number of aromatic nitrogens is 3. The molecule has 0 aliphatic carbocycles. The van der Waals surface area contributed by atoms with Gasteiger partial charge in [0.05, 0.1) is 0 Å². The Labute approximate surface area is 89.5 Å². The molecule has 0 aromatic carbocycles. The van der Waals surface area contributed by atoms with Crippen molar-refractivity contribution in [1.29, 1.82) is 0 Å². The number of hydrogen-bond acceptors (Lipinski definition) is 5. The monoisotopic (exact) mass is 220 g/mol. The van der Waals surface area contributed by atoms with Crippen LogP contribution in [0, 0.1) is 6.92 Å². The molecule has 0 bridgehead atoms. The van der Waals surface area contributed by atoms with Crippen LogP contribution in [0.2, 0.25) is 0 Å². The van der Waals surface area contributed by atoms with Crippen molar-refractivity contribution in [2.45, 2.75) is 6.92 Å². The van der Waals surface area contributed by atoms with E-state index in [4.69, 9.17) is 4.42 Å². The summed E-state index contributed by atoms with van der Waals surface area (Å²) >= 11 is 0. The molecule has 1 amide bonds. The van der Waals surface area contributed by atoms with Crippen LogP contribution in [-0.4, -0.2) is 21.1 Å². The van der Waals surface area contributed by atoms with E-state index in [1.54, 1.807) is 6.92 Å². The number of hydrogen-bond donors (Lipinski definition) is 2. The average Bonchev–Trinajstić information content (AvgIpc) is 2.64. The maximum absolute atomic E-state index is 11.6. The summed E-state index contributed by atoms with van der Waals surface area (Å²) in [7, 11) is 0. The van der Waals surface area contributed by atoms with Gasteiger partial charge in [0.2, 0.25) is 11.4 Å². The number of carbonyl (C=O) groups is 1. The lowest BCUT2D eigenvalue weighted by atomic mass is 10.2. The first-order chi connectivity index (χ1) is 7.65. The van der Waals surface area contributed by atoms with Crippen LogP contribution in [-0.2, 0) is 0 Å². The second kappa shape index (κ2) is 3.97. The third-order valence-electron chi connectivity index (χ3n) is 1.78. The lowest BCUT2D eigenvalue weighted by molar-refractivity contribution is 0.102. The number of pyridine rings is 1. The second-order valence-corrected chi connectivity index (χ2v) is 3.02. The van der Waals surface area contributed by atoms with E-state index in [1.807, 2.05) is 0 Å². The van der Waals surface area contributed by atoms with Crippen LogP contribution in [0.15, 0.2) is 27.5 Å². The minimum atomic E-state index is -0.477. The molecule has 0 fully saturated rings. The summed E-state index contributed by atoms with van der Waals surface area (Å²) in [4.78, 5) is 25.0. The smallest absolute Gasteiger partial charge is 0.322 e. The molecular weight excluding hydrogens is 212 g/mol. The van der Waals surface area contributed by atoms with Gasteiger partial charge >= 0.3 is 6.01 Å². The molecule has 2 rings (SSSR count). The van der Waals surface area contributed by atoms with E-state index in [1.165, 1.54) is 18.3 Å². The first-order valence-electron chi connectivity index (χ1n) is 4.45. The Bertz CT molecular complexity index is 572. The molecule has 2 N–H and O–H groups in total. The molecule has 0 aliphatic rings. The van der Waals surface area contributed by atoms with Crippen LogP contribution in [0.3, 0.4) is 0 Å². The minimum Gasteiger partial charge on any atom is -0.408 e. The summed E-state index contributed by atoms with van der Waals surface area (Å²) in [6, 6.07) is 2.65. The van der Waals surface area contributed by atoms with Gasteiger partial charge in [0.1, 0.15) is 0 Å². The Balaban J connectivity index is 2.17. The molecule has 2 aromatic rings. The molecule has 2 heterocycles. The summed E-state index contributed by atoms with van der Waals surface area (Å²) in [6.45, 7) is 1.61. The highest BCUT2D eigenvalue weighted by Crippen LogP contribution is 2.05. The number of amides is 1. The van der Waals surface area contributed by atoms with Gasteiger partial charge in [-0.15, -0.1) is 5.10 Å². The molecular formula is C9H8N4O3. The Hall–Kier alpha value is -2.44. The van der Waals surface area contributed by atoms with Gasteiger partial charge in [-0.2, -0.15) is 0 Å². The lowest BCUT2D eigenvalue weighted by Crippen LogP contribution is -2.15. The molecule has 0 atom stereocenters. The Morgan fingerprint density at radius 1 is 1.50 bits per heavy atom. The van der Waals surface area contributed by atoms with Gasteiger partial charge in [-0.3, -0.25) is 14.9 Å². The maximum Gasteiger partial charge on any atom is 0.322 e. The highest BCUT2D eigenvalue weighted by atomic mass is 16.4. The van der Waals surface area contributed by atoms with Crippen LogP contribution in [0.4, 0.5) is 6.01 Å². The highest BCUT2D eigenvalue weighted by Gasteiger charge is 2.10. The molecule has 0 aliphatic heterocycles. The number of H-pyrrole nitrogens is 1. The number of anilines is 1. The van der Waals surface area contributed by atoms with E-state index in [-0.39, 0.29) is 17.1 Å². The third kappa shape index (κ3) is 2.14. The summed E-state index contributed by atoms with van der Waals surface area (Å²) in [5.41, 5.74) is -0.131. The van der Waals surface area contributed by atoms with Gasteiger partial charge in [0, 0.05) is 24.8 Å². The van der Waals surface area contributed by atoms with E-state index < -0.39 is 5.91 Å². The molecule has 0 radical (unpaired) electrons. The fourth-order valence-corrected chi connectivity index (χ4v) is 1.10. The van der Waals surface area contributed by atoms with Gasteiger partial charge in [-0.1, -0.05) is 5.10 Å². The van der Waals surface area contributed by atoms with Crippen molar-refractivity contribution in [3.63, 3.8) is 0 Å². The molecule has 7 nitrogen and oxygen atoms in total. The van der Waals surface area contributed by atoms with Crippen molar-refractivity contribution in [3.8, 4) is 0 Å². The highest BCUT2D eigenvalue weighted by molar-refractivity contribution is 6.02. The fraction of sp³-hybridized carbons (Fsp3) is 0.111. The predicted molar refractivity (Wildman–Crippen MR) is 54.1 cm³/mol. The van der Waals surface area contributed by atoms with E-state index in [9.17, 15) is 9.59 Å². The number of aromatic amines is 1. The van der Waals surface area contributed by atoms with Crippen molar-refractivity contribution >= 4 is 11.9 Å². The van der Waals surface area contributed by atoms with Gasteiger partial charge in [-0.05, 0) is 6.07 Å². The predicted octanol–water partition coefficient (Wildman–Crippen LogP) is 0.319. The zero-order chi connectivity index (χ0) is 11.5. The Morgan fingerprint density at radius 2 is 2.31 bits per heavy atom. The summed E-state index contributed by atoms with van der Waals surface area (Å²) in [5.74, 6) is -0.129. The van der Waals surface area contributed by atoms with E-state index in [0.29, 0.717) is 5.89 Å². The standard InChI is InChI=1S/C9H8N4O3/c1-5-12-13-9(16-5)11-8(15)6-2-3-10-7(14)4-6/h2-4H,1H3,(H,10,14)(H,11,13,15). The van der Waals surface area contributed by atoms with Crippen LogP contribution in [0.1, 0.15) is 16.2 Å². The zero-order valence-corrected chi connectivity index (χ0v) is 8.35. The molecule has 0 spiro atoms. The topological polar surface area (TPSA) is 101 Å². The van der Waals surface area contributed by atoms with Crippen LogP contribution >= 0.6 is 0 Å². The van der Waals surface area contributed by atoms with Gasteiger partial charge in [-0.25, -0.2) is 0 Å². The first-order valence-corrected chi connectivity index (χ1v) is 4.45.